The molecule has 0 aromatic heterocycles. The zero-order chi connectivity index (χ0) is 25.3. The van der Waals surface area contributed by atoms with Crippen LogP contribution in [0, 0.1) is 0 Å². The molecule has 1 atom stereocenters. The summed E-state index contributed by atoms with van der Waals surface area (Å²) in [7, 11) is 3.13. The molecular weight excluding hydrogens is 472 g/mol. The fourth-order valence-electron chi connectivity index (χ4n) is 3.57. The quantitative estimate of drug-likeness (QED) is 0.260. The molecule has 7 heteroatoms. The van der Waals surface area contributed by atoms with Gasteiger partial charge in [0.15, 0.2) is 0 Å². The largest absolute Gasteiger partial charge is 0.497 e. The molecule has 0 radical (unpaired) electrons. The Kier molecular flexibility index (Phi) is 8.26. The molecule has 0 aliphatic carbocycles. The molecule has 0 saturated carbocycles. The summed E-state index contributed by atoms with van der Waals surface area (Å²) >= 11 is 1.43. The van der Waals surface area contributed by atoms with Gasteiger partial charge in [-0.05, 0) is 60.2 Å². The highest BCUT2D eigenvalue weighted by Crippen LogP contribution is 2.37. The monoisotopic (exact) mass is 498 g/mol. The molecule has 4 aromatic carbocycles. The molecule has 0 aliphatic heterocycles. The zero-order valence-electron chi connectivity index (χ0n) is 19.9. The van der Waals surface area contributed by atoms with Crippen molar-refractivity contribution >= 4 is 35.0 Å². The molecule has 1 unspecified atom stereocenters. The van der Waals surface area contributed by atoms with Crippen molar-refractivity contribution in [2.45, 2.75) is 10.1 Å². The Balaban J connectivity index is 1.49. The molecule has 0 aliphatic rings. The third-order valence-electron chi connectivity index (χ3n) is 5.40. The van der Waals surface area contributed by atoms with Gasteiger partial charge in [0, 0.05) is 16.1 Å². The van der Waals surface area contributed by atoms with E-state index in [1.165, 1.54) is 11.8 Å². The van der Waals surface area contributed by atoms with E-state index in [4.69, 9.17) is 9.47 Å². The molecule has 4 rings (SSSR count). The number of hydrogen-bond acceptors (Lipinski definition) is 5. The first-order valence-corrected chi connectivity index (χ1v) is 12.2. The third-order valence-corrected chi connectivity index (χ3v) is 6.67. The summed E-state index contributed by atoms with van der Waals surface area (Å²) in [5, 5.41) is 5.39. The fourth-order valence-corrected chi connectivity index (χ4v) is 4.59. The van der Waals surface area contributed by atoms with Gasteiger partial charge >= 0.3 is 0 Å². The lowest BCUT2D eigenvalue weighted by Gasteiger charge is -2.18. The number of amides is 2. The first kappa shape index (κ1) is 24.9. The van der Waals surface area contributed by atoms with Gasteiger partial charge in [-0.3, -0.25) is 9.59 Å². The summed E-state index contributed by atoms with van der Waals surface area (Å²) in [5.74, 6) is 0.824. The number of carbonyl (C=O) groups is 2. The average Bonchev–Trinajstić information content (AvgIpc) is 2.93. The standard InChI is InChI=1S/C29H26N2O4S/c1-34-23-12-8-11-21(19-23)28(32)30-22-15-17-24(18-16-22)36-27(20-9-4-3-5-10-20)29(33)31-25-13-6-7-14-26(25)35-2/h3-19,27H,1-2H3,(H,30,32)(H,31,33). The van der Waals surface area contributed by atoms with Gasteiger partial charge in [-0.2, -0.15) is 0 Å². The van der Waals surface area contributed by atoms with E-state index >= 15 is 0 Å². The number of benzene rings is 4. The predicted molar refractivity (Wildman–Crippen MR) is 144 cm³/mol. The van der Waals surface area contributed by atoms with Gasteiger partial charge in [0.25, 0.3) is 5.91 Å². The number of thioether (sulfide) groups is 1. The van der Waals surface area contributed by atoms with Crippen LogP contribution >= 0.6 is 11.8 Å². The van der Waals surface area contributed by atoms with Gasteiger partial charge in [0.05, 0.1) is 19.9 Å². The van der Waals surface area contributed by atoms with Crippen LogP contribution in [-0.2, 0) is 4.79 Å². The Morgan fingerprint density at radius 2 is 1.47 bits per heavy atom. The SMILES string of the molecule is COc1cccc(C(=O)Nc2ccc(SC(C(=O)Nc3ccccc3OC)c3ccccc3)cc2)c1. The Morgan fingerprint density at radius 1 is 0.750 bits per heavy atom. The topological polar surface area (TPSA) is 76.7 Å². The summed E-state index contributed by atoms with van der Waals surface area (Å²) < 4.78 is 10.6. The van der Waals surface area contributed by atoms with Crippen LogP contribution in [0.25, 0.3) is 0 Å². The van der Waals surface area contributed by atoms with E-state index in [1.807, 2.05) is 72.8 Å². The maximum atomic E-state index is 13.4. The van der Waals surface area contributed by atoms with Crippen LogP contribution in [0.1, 0.15) is 21.2 Å². The second-order valence-electron chi connectivity index (χ2n) is 7.81. The number of carbonyl (C=O) groups excluding carboxylic acids is 2. The number of nitrogens with one attached hydrogen (secondary N) is 2. The minimum absolute atomic E-state index is 0.161. The number of ether oxygens (including phenoxy) is 2. The number of methoxy groups -OCH3 is 2. The van der Waals surface area contributed by atoms with Gasteiger partial charge in [-0.15, -0.1) is 11.8 Å². The molecule has 182 valence electrons. The van der Waals surface area contributed by atoms with E-state index in [-0.39, 0.29) is 11.8 Å². The second-order valence-corrected chi connectivity index (χ2v) is 8.99. The highest BCUT2D eigenvalue weighted by atomic mass is 32.2. The molecule has 0 heterocycles. The molecule has 2 N–H and O–H groups in total. The van der Waals surface area contributed by atoms with Crippen molar-refractivity contribution < 1.29 is 19.1 Å². The summed E-state index contributed by atoms with van der Waals surface area (Å²) in [5.41, 5.74) is 2.65. The molecule has 0 bridgehead atoms. The van der Waals surface area contributed by atoms with Crippen molar-refractivity contribution in [2.75, 3.05) is 24.9 Å². The van der Waals surface area contributed by atoms with Gasteiger partial charge in [-0.25, -0.2) is 0 Å². The first-order valence-electron chi connectivity index (χ1n) is 11.3. The zero-order valence-corrected chi connectivity index (χ0v) is 20.8. The van der Waals surface area contributed by atoms with Crippen LogP contribution < -0.4 is 20.1 Å². The normalized spacial score (nSPS) is 11.3. The maximum absolute atomic E-state index is 13.4. The number of anilines is 2. The molecule has 36 heavy (non-hydrogen) atoms. The van der Waals surface area contributed by atoms with Crippen LogP contribution in [0.5, 0.6) is 11.5 Å². The molecule has 2 amide bonds. The molecule has 4 aromatic rings. The van der Waals surface area contributed by atoms with Gasteiger partial charge in [0.2, 0.25) is 5.91 Å². The van der Waals surface area contributed by atoms with Crippen LogP contribution in [0.4, 0.5) is 11.4 Å². The average molecular weight is 499 g/mol. The van der Waals surface area contributed by atoms with E-state index in [0.717, 1.165) is 10.5 Å². The first-order chi connectivity index (χ1) is 17.6. The summed E-state index contributed by atoms with van der Waals surface area (Å²) in [6.45, 7) is 0. The van der Waals surface area contributed by atoms with Gasteiger partial charge in [0.1, 0.15) is 16.7 Å². The lowest BCUT2D eigenvalue weighted by atomic mass is 10.1. The highest BCUT2D eigenvalue weighted by Gasteiger charge is 2.23. The number of hydrogen-bond donors (Lipinski definition) is 2. The third kappa shape index (κ3) is 6.25. The molecular formula is C29H26N2O4S. The number of para-hydroxylation sites is 2. The van der Waals surface area contributed by atoms with Gasteiger partial charge in [-0.1, -0.05) is 48.5 Å². The summed E-state index contributed by atoms with van der Waals surface area (Å²) in [4.78, 5) is 26.8. The Bertz CT molecular complexity index is 1330. The predicted octanol–water partition coefficient (Wildman–Crippen LogP) is 6.43. The minimum atomic E-state index is -0.492. The highest BCUT2D eigenvalue weighted by molar-refractivity contribution is 8.00. The minimum Gasteiger partial charge on any atom is -0.497 e. The second kappa shape index (κ2) is 12.0. The Morgan fingerprint density at radius 3 is 2.19 bits per heavy atom. The Hall–Kier alpha value is -4.23. The molecule has 0 saturated heterocycles. The van der Waals surface area contributed by atoms with Crippen molar-refractivity contribution in [3.63, 3.8) is 0 Å². The van der Waals surface area contributed by atoms with Crippen LogP contribution in [0.2, 0.25) is 0 Å². The lowest BCUT2D eigenvalue weighted by molar-refractivity contribution is -0.115. The summed E-state index contributed by atoms with van der Waals surface area (Å²) in [6, 6.07) is 31.3. The van der Waals surface area contributed by atoms with Crippen molar-refractivity contribution in [3.05, 3.63) is 114 Å². The van der Waals surface area contributed by atoms with Crippen molar-refractivity contribution in [1.29, 1.82) is 0 Å². The van der Waals surface area contributed by atoms with Crippen LogP contribution in [0.15, 0.2) is 108 Å². The smallest absolute Gasteiger partial charge is 0.255 e. The maximum Gasteiger partial charge on any atom is 0.255 e. The molecule has 0 spiro atoms. The van der Waals surface area contributed by atoms with Crippen LogP contribution in [0.3, 0.4) is 0 Å². The van der Waals surface area contributed by atoms with Gasteiger partial charge < -0.3 is 20.1 Å². The van der Waals surface area contributed by atoms with Crippen molar-refractivity contribution in [2.24, 2.45) is 0 Å². The van der Waals surface area contributed by atoms with Crippen LogP contribution in [-0.4, -0.2) is 26.0 Å². The fraction of sp³-hybridized carbons (Fsp3) is 0.103. The van der Waals surface area contributed by atoms with E-state index in [0.29, 0.717) is 28.4 Å². The summed E-state index contributed by atoms with van der Waals surface area (Å²) in [6.07, 6.45) is 0. The lowest BCUT2D eigenvalue weighted by Crippen LogP contribution is -2.19. The van der Waals surface area contributed by atoms with E-state index in [1.54, 1.807) is 44.6 Å². The van der Waals surface area contributed by atoms with E-state index in [2.05, 4.69) is 10.6 Å². The Labute approximate surface area is 214 Å². The molecule has 0 fully saturated rings. The number of rotatable bonds is 9. The molecule has 6 nitrogen and oxygen atoms in total. The van der Waals surface area contributed by atoms with E-state index < -0.39 is 5.25 Å². The van der Waals surface area contributed by atoms with Crippen molar-refractivity contribution in [3.8, 4) is 11.5 Å². The van der Waals surface area contributed by atoms with Crippen molar-refractivity contribution in [1.82, 2.24) is 0 Å². The van der Waals surface area contributed by atoms with E-state index in [9.17, 15) is 9.59 Å².